The number of anilines is 1. The first kappa shape index (κ1) is 24.3. The van der Waals surface area contributed by atoms with Crippen LogP contribution in [0.5, 0.6) is 11.6 Å². The number of rotatable bonds is 8. The highest BCUT2D eigenvalue weighted by Crippen LogP contribution is 2.27. The van der Waals surface area contributed by atoms with Gasteiger partial charge >= 0.3 is 6.03 Å². The fourth-order valence-electron chi connectivity index (χ4n) is 3.50. The van der Waals surface area contributed by atoms with Gasteiger partial charge in [0, 0.05) is 51.4 Å². The Morgan fingerprint density at radius 2 is 2.00 bits per heavy atom. The number of piperidine rings is 1. The van der Waals surface area contributed by atoms with Crippen LogP contribution < -0.4 is 10.1 Å². The van der Waals surface area contributed by atoms with Crippen molar-refractivity contribution in [3.8, 4) is 11.6 Å². The lowest BCUT2D eigenvalue weighted by Crippen LogP contribution is -2.48. The van der Waals surface area contributed by atoms with E-state index in [1.807, 2.05) is 0 Å². The van der Waals surface area contributed by atoms with Gasteiger partial charge in [-0.2, -0.15) is 0 Å². The Bertz CT molecular complexity index is 983. The van der Waals surface area contributed by atoms with Crippen LogP contribution in [0.3, 0.4) is 0 Å². The molecular formula is C21H28FN7O4. The van der Waals surface area contributed by atoms with Crippen LogP contribution in [-0.4, -0.2) is 89.0 Å². The third kappa shape index (κ3) is 6.80. The van der Waals surface area contributed by atoms with Crippen molar-refractivity contribution in [3.05, 3.63) is 46.5 Å². The summed E-state index contributed by atoms with van der Waals surface area (Å²) in [6.07, 6.45) is 2.95. The standard InChI is InChI=1S/C21H28FN7O4/c1-26(2)10-11-28-8-6-15(7-9-28)27(3)21(30)25-19-13-20(24-14-23-19)33-18-5-4-16(29(31)32)12-17(18)22/h4-5,12-15H,6-11H2,1-3H3,(H,23,24,25,30). The molecule has 1 N–H and O–H groups in total. The van der Waals surface area contributed by atoms with Gasteiger partial charge in [-0.15, -0.1) is 0 Å². The molecule has 33 heavy (non-hydrogen) atoms. The first-order chi connectivity index (χ1) is 15.7. The predicted molar refractivity (Wildman–Crippen MR) is 120 cm³/mol. The van der Waals surface area contributed by atoms with E-state index in [0.29, 0.717) is 0 Å². The zero-order valence-corrected chi connectivity index (χ0v) is 18.9. The van der Waals surface area contributed by atoms with Crippen molar-refractivity contribution in [2.75, 3.05) is 52.6 Å². The van der Waals surface area contributed by atoms with Crippen molar-refractivity contribution in [1.82, 2.24) is 24.7 Å². The number of nitrogens with one attached hydrogen (secondary N) is 1. The summed E-state index contributed by atoms with van der Waals surface area (Å²) in [5, 5.41) is 13.4. The van der Waals surface area contributed by atoms with E-state index in [4.69, 9.17) is 4.74 Å². The molecular weight excluding hydrogens is 433 g/mol. The number of ether oxygens (including phenoxy) is 1. The number of carbonyl (C=O) groups is 1. The molecule has 12 heteroatoms. The van der Waals surface area contributed by atoms with Gasteiger partial charge in [0.1, 0.15) is 12.1 Å². The minimum absolute atomic E-state index is 0.00935. The number of nitro benzene ring substituents is 1. The third-order valence-electron chi connectivity index (χ3n) is 5.51. The van der Waals surface area contributed by atoms with Gasteiger partial charge in [-0.25, -0.2) is 19.2 Å². The number of likely N-dealkylation sites (N-methyl/N-ethyl adjacent to an activating group) is 1. The number of aromatic nitrogens is 2. The number of likely N-dealkylation sites (tertiary alicyclic amines) is 1. The number of carbonyl (C=O) groups excluding carboxylic acids is 1. The van der Waals surface area contributed by atoms with Gasteiger partial charge in [0.05, 0.1) is 11.0 Å². The van der Waals surface area contributed by atoms with Crippen molar-refractivity contribution in [1.29, 1.82) is 0 Å². The van der Waals surface area contributed by atoms with E-state index in [-0.39, 0.29) is 35.2 Å². The second kappa shape index (κ2) is 11.0. The number of nitrogens with zero attached hydrogens (tertiary/aromatic N) is 6. The van der Waals surface area contributed by atoms with Crippen LogP contribution in [0.25, 0.3) is 0 Å². The van der Waals surface area contributed by atoms with Crippen molar-refractivity contribution >= 4 is 17.5 Å². The molecule has 1 aliphatic rings. The van der Waals surface area contributed by atoms with E-state index >= 15 is 0 Å². The molecule has 0 spiro atoms. The minimum Gasteiger partial charge on any atom is -0.436 e. The Balaban J connectivity index is 1.55. The zero-order valence-electron chi connectivity index (χ0n) is 18.9. The molecule has 1 aromatic heterocycles. The lowest BCUT2D eigenvalue weighted by atomic mass is 10.0. The van der Waals surface area contributed by atoms with Crippen molar-refractivity contribution in [2.24, 2.45) is 0 Å². The first-order valence-corrected chi connectivity index (χ1v) is 10.6. The Morgan fingerprint density at radius 3 is 2.64 bits per heavy atom. The lowest BCUT2D eigenvalue weighted by Gasteiger charge is -2.37. The maximum absolute atomic E-state index is 14.1. The average Bonchev–Trinajstić information content (AvgIpc) is 2.79. The minimum atomic E-state index is -0.898. The van der Waals surface area contributed by atoms with Gasteiger partial charge in [-0.1, -0.05) is 0 Å². The summed E-state index contributed by atoms with van der Waals surface area (Å²) in [6.45, 7) is 3.88. The zero-order chi connectivity index (χ0) is 24.0. The van der Waals surface area contributed by atoms with E-state index in [9.17, 15) is 19.3 Å². The summed E-state index contributed by atoms with van der Waals surface area (Å²) in [6, 6.07) is 4.20. The number of benzene rings is 1. The molecule has 0 bridgehead atoms. The molecule has 0 aliphatic carbocycles. The molecule has 1 aliphatic heterocycles. The Kier molecular flexibility index (Phi) is 8.06. The van der Waals surface area contributed by atoms with Gasteiger partial charge in [-0.05, 0) is 33.0 Å². The Labute approximate surface area is 191 Å². The Morgan fingerprint density at radius 1 is 1.27 bits per heavy atom. The number of hydrogen-bond acceptors (Lipinski definition) is 8. The SMILES string of the molecule is CN(C)CCN1CCC(N(C)C(=O)Nc2cc(Oc3ccc([N+](=O)[O-])cc3F)ncn2)CC1. The topological polar surface area (TPSA) is 117 Å². The first-order valence-electron chi connectivity index (χ1n) is 10.6. The molecule has 0 atom stereocenters. The maximum atomic E-state index is 14.1. The van der Waals surface area contributed by atoms with Gasteiger partial charge in [0.25, 0.3) is 5.69 Å². The Hall–Kier alpha value is -3.38. The number of hydrogen-bond donors (Lipinski definition) is 1. The number of amides is 2. The molecule has 2 heterocycles. The summed E-state index contributed by atoms with van der Waals surface area (Å²) in [7, 11) is 5.86. The van der Waals surface area contributed by atoms with E-state index in [1.165, 1.54) is 12.4 Å². The van der Waals surface area contributed by atoms with Crippen molar-refractivity contribution < 1.29 is 18.8 Å². The predicted octanol–water partition coefficient (Wildman–Crippen LogP) is 2.81. The van der Waals surface area contributed by atoms with Gasteiger partial charge in [0.2, 0.25) is 5.88 Å². The van der Waals surface area contributed by atoms with Crippen LogP contribution in [0.2, 0.25) is 0 Å². The van der Waals surface area contributed by atoms with Crippen LogP contribution in [0.4, 0.5) is 20.7 Å². The van der Waals surface area contributed by atoms with Gasteiger partial charge in [0.15, 0.2) is 11.6 Å². The van der Waals surface area contributed by atoms with Crippen LogP contribution in [0, 0.1) is 15.9 Å². The largest absolute Gasteiger partial charge is 0.436 e. The summed E-state index contributed by atoms with van der Waals surface area (Å²) in [5.74, 6) is -0.938. The summed E-state index contributed by atoms with van der Waals surface area (Å²) >= 11 is 0. The number of urea groups is 1. The van der Waals surface area contributed by atoms with Gasteiger partial charge < -0.3 is 19.4 Å². The third-order valence-corrected chi connectivity index (χ3v) is 5.51. The smallest absolute Gasteiger partial charge is 0.323 e. The van der Waals surface area contributed by atoms with E-state index < -0.39 is 10.7 Å². The summed E-state index contributed by atoms with van der Waals surface area (Å²) in [4.78, 5) is 36.9. The molecule has 1 aromatic carbocycles. The lowest BCUT2D eigenvalue weighted by molar-refractivity contribution is -0.385. The fraction of sp³-hybridized carbons (Fsp3) is 0.476. The molecule has 3 rings (SSSR count). The molecule has 2 aromatic rings. The number of halogens is 1. The highest BCUT2D eigenvalue weighted by Gasteiger charge is 2.25. The maximum Gasteiger partial charge on any atom is 0.323 e. The number of non-ortho nitro benzene ring substituents is 1. The molecule has 0 radical (unpaired) electrons. The molecule has 0 saturated carbocycles. The van der Waals surface area contributed by atoms with Crippen molar-refractivity contribution in [2.45, 2.75) is 18.9 Å². The monoisotopic (exact) mass is 461 g/mol. The highest BCUT2D eigenvalue weighted by atomic mass is 19.1. The van der Waals surface area contributed by atoms with Crippen LogP contribution >= 0.6 is 0 Å². The second-order valence-corrected chi connectivity index (χ2v) is 8.13. The van der Waals surface area contributed by atoms with E-state index in [1.54, 1.807) is 11.9 Å². The molecule has 2 amide bonds. The number of nitro groups is 1. The van der Waals surface area contributed by atoms with E-state index in [2.05, 4.69) is 39.2 Å². The highest BCUT2D eigenvalue weighted by molar-refractivity contribution is 5.88. The van der Waals surface area contributed by atoms with E-state index in [0.717, 1.165) is 57.2 Å². The molecule has 178 valence electrons. The molecule has 11 nitrogen and oxygen atoms in total. The normalized spacial score (nSPS) is 14.8. The van der Waals surface area contributed by atoms with Crippen LogP contribution in [-0.2, 0) is 0 Å². The molecule has 0 unspecified atom stereocenters. The average molecular weight is 461 g/mol. The molecule has 1 saturated heterocycles. The van der Waals surface area contributed by atoms with Crippen molar-refractivity contribution in [3.63, 3.8) is 0 Å². The molecule has 1 fully saturated rings. The summed E-state index contributed by atoms with van der Waals surface area (Å²) in [5.41, 5.74) is -0.387. The quantitative estimate of drug-likeness (QED) is 0.471. The van der Waals surface area contributed by atoms with Gasteiger partial charge in [-0.3, -0.25) is 15.4 Å². The fourth-order valence-corrected chi connectivity index (χ4v) is 3.50. The second-order valence-electron chi connectivity index (χ2n) is 8.13. The van der Waals surface area contributed by atoms with Crippen LogP contribution in [0.1, 0.15) is 12.8 Å². The van der Waals surface area contributed by atoms with Crippen LogP contribution in [0.15, 0.2) is 30.6 Å². The summed E-state index contributed by atoms with van der Waals surface area (Å²) < 4.78 is 19.5.